The van der Waals surface area contributed by atoms with Gasteiger partial charge in [-0.15, -0.1) is 0 Å². The van der Waals surface area contributed by atoms with Gasteiger partial charge >= 0.3 is 5.97 Å². The summed E-state index contributed by atoms with van der Waals surface area (Å²) in [5.74, 6) is -1.12. The summed E-state index contributed by atoms with van der Waals surface area (Å²) in [5.41, 5.74) is 2.48. The quantitative estimate of drug-likeness (QED) is 0.870. The molecule has 0 saturated carbocycles. The molecule has 1 heterocycles. The van der Waals surface area contributed by atoms with Gasteiger partial charge < -0.3 is 10.4 Å². The van der Waals surface area contributed by atoms with Gasteiger partial charge in [-0.2, -0.15) is 5.10 Å². The fourth-order valence-electron chi connectivity index (χ4n) is 2.00. The normalized spacial score (nSPS) is 10.4. The molecule has 1 aromatic heterocycles. The van der Waals surface area contributed by atoms with E-state index in [1.807, 2.05) is 13.0 Å². The van der Waals surface area contributed by atoms with Gasteiger partial charge in [-0.25, -0.2) is 4.79 Å². The molecule has 0 aliphatic carbocycles. The molecule has 2 aromatic rings. The van der Waals surface area contributed by atoms with Crippen LogP contribution in [0, 0.1) is 6.92 Å². The lowest BCUT2D eigenvalue weighted by molar-refractivity contribution is 0.0696. The van der Waals surface area contributed by atoms with Gasteiger partial charge in [0.05, 0.1) is 17.3 Å². The number of hydrogen-bond acceptors (Lipinski definition) is 3. The average molecular weight is 287 g/mol. The van der Waals surface area contributed by atoms with Gasteiger partial charge in [0, 0.05) is 19.3 Å². The summed E-state index contributed by atoms with van der Waals surface area (Å²) in [5, 5.41) is 15.8. The number of aromatic carboxylic acids is 1. The van der Waals surface area contributed by atoms with Crippen molar-refractivity contribution in [1.82, 2.24) is 15.1 Å². The van der Waals surface area contributed by atoms with Crippen LogP contribution >= 0.6 is 0 Å². The number of nitrogens with one attached hydrogen (secondary N) is 1. The molecule has 1 amide bonds. The molecule has 0 atom stereocenters. The first-order valence-corrected chi connectivity index (χ1v) is 6.58. The number of nitrogens with zero attached hydrogens (tertiary/aromatic N) is 2. The number of aryl methyl sites for hydroxylation is 1. The average Bonchev–Trinajstić information content (AvgIpc) is 2.79. The number of carbonyl (C=O) groups excluding carboxylic acids is 1. The van der Waals surface area contributed by atoms with E-state index in [1.54, 1.807) is 29.9 Å². The summed E-state index contributed by atoms with van der Waals surface area (Å²) in [6, 6.07) is 6.70. The predicted octanol–water partition coefficient (Wildman–Crippen LogP) is 1.40. The van der Waals surface area contributed by atoms with Gasteiger partial charge in [0.1, 0.15) is 0 Å². The first-order valence-electron chi connectivity index (χ1n) is 6.58. The molecular weight excluding hydrogens is 270 g/mol. The minimum absolute atomic E-state index is 0.171. The zero-order valence-corrected chi connectivity index (χ0v) is 12.0. The molecule has 0 bridgehead atoms. The van der Waals surface area contributed by atoms with Crippen molar-refractivity contribution in [2.75, 3.05) is 6.54 Å². The lowest BCUT2D eigenvalue weighted by atomic mass is 10.1. The molecule has 6 nitrogen and oxygen atoms in total. The van der Waals surface area contributed by atoms with Gasteiger partial charge in [0.25, 0.3) is 5.91 Å². The van der Waals surface area contributed by atoms with Crippen LogP contribution in [0.2, 0.25) is 0 Å². The molecule has 0 saturated heterocycles. The second-order valence-electron chi connectivity index (χ2n) is 4.78. The van der Waals surface area contributed by atoms with Crippen LogP contribution in [0.15, 0.2) is 30.5 Å². The summed E-state index contributed by atoms with van der Waals surface area (Å²) in [6.45, 7) is 2.27. The Balaban J connectivity index is 1.92. The smallest absolute Gasteiger partial charge is 0.335 e. The van der Waals surface area contributed by atoms with E-state index in [0.717, 1.165) is 11.3 Å². The van der Waals surface area contributed by atoms with Gasteiger partial charge in [0.15, 0.2) is 0 Å². The zero-order valence-electron chi connectivity index (χ0n) is 12.0. The fourth-order valence-corrected chi connectivity index (χ4v) is 2.00. The number of amides is 1. The molecule has 2 N–H and O–H groups in total. The topological polar surface area (TPSA) is 84.2 Å². The van der Waals surface area contributed by atoms with E-state index in [0.29, 0.717) is 18.5 Å². The van der Waals surface area contributed by atoms with E-state index in [1.165, 1.54) is 6.20 Å². The maximum atomic E-state index is 12.0. The second-order valence-corrected chi connectivity index (χ2v) is 4.78. The van der Waals surface area contributed by atoms with Crippen LogP contribution in [0.3, 0.4) is 0 Å². The molecule has 110 valence electrons. The van der Waals surface area contributed by atoms with Crippen molar-refractivity contribution < 1.29 is 14.7 Å². The lowest BCUT2D eigenvalue weighted by Gasteiger charge is -2.06. The zero-order chi connectivity index (χ0) is 15.4. The number of rotatable bonds is 5. The Kier molecular flexibility index (Phi) is 4.37. The number of benzene rings is 1. The van der Waals surface area contributed by atoms with Gasteiger partial charge in [-0.05, 0) is 31.0 Å². The Morgan fingerprint density at radius 2 is 2.14 bits per heavy atom. The van der Waals surface area contributed by atoms with Crippen molar-refractivity contribution in [2.24, 2.45) is 7.05 Å². The number of carboxylic acid groups (broad SMARTS) is 1. The van der Waals surface area contributed by atoms with Crippen LogP contribution in [0.25, 0.3) is 0 Å². The molecule has 6 heteroatoms. The maximum Gasteiger partial charge on any atom is 0.335 e. The molecule has 0 radical (unpaired) electrons. The Hall–Kier alpha value is -2.63. The molecule has 21 heavy (non-hydrogen) atoms. The predicted molar refractivity (Wildman–Crippen MR) is 77.4 cm³/mol. The molecule has 0 unspecified atom stereocenters. The van der Waals surface area contributed by atoms with Crippen molar-refractivity contribution >= 4 is 11.9 Å². The lowest BCUT2D eigenvalue weighted by Crippen LogP contribution is -2.26. The van der Waals surface area contributed by atoms with Crippen LogP contribution < -0.4 is 5.32 Å². The largest absolute Gasteiger partial charge is 0.478 e. The number of carbonyl (C=O) groups is 2. The highest BCUT2D eigenvalue weighted by Crippen LogP contribution is 2.07. The monoisotopic (exact) mass is 287 g/mol. The SMILES string of the molecule is Cc1c(C(=O)NCCc2cccc(C(=O)O)c2)cnn1C. The van der Waals surface area contributed by atoms with E-state index < -0.39 is 5.97 Å². The number of hydrogen-bond donors (Lipinski definition) is 2. The Labute approximate surface area is 122 Å². The summed E-state index contributed by atoms with van der Waals surface area (Å²) in [4.78, 5) is 22.9. The van der Waals surface area contributed by atoms with Gasteiger partial charge in [-0.1, -0.05) is 12.1 Å². The third-order valence-electron chi connectivity index (χ3n) is 3.35. The minimum atomic E-state index is -0.952. The second kappa shape index (κ2) is 6.21. The van der Waals surface area contributed by atoms with Crippen molar-refractivity contribution in [3.63, 3.8) is 0 Å². The van der Waals surface area contributed by atoms with E-state index in [2.05, 4.69) is 10.4 Å². The van der Waals surface area contributed by atoms with E-state index in [4.69, 9.17) is 5.11 Å². The highest BCUT2D eigenvalue weighted by molar-refractivity contribution is 5.95. The number of aromatic nitrogens is 2. The fraction of sp³-hybridized carbons (Fsp3) is 0.267. The minimum Gasteiger partial charge on any atom is -0.478 e. The highest BCUT2D eigenvalue weighted by atomic mass is 16.4. The summed E-state index contributed by atoms with van der Waals surface area (Å²) >= 11 is 0. The standard InChI is InChI=1S/C15H17N3O3/c1-10-13(9-17-18(10)2)14(19)16-7-6-11-4-3-5-12(8-11)15(20)21/h3-5,8-9H,6-7H2,1-2H3,(H,16,19)(H,20,21). The maximum absolute atomic E-state index is 12.0. The van der Waals surface area contributed by atoms with Crippen LogP contribution in [0.1, 0.15) is 32.0 Å². The number of carboxylic acids is 1. The van der Waals surface area contributed by atoms with Crippen molar-refractivity contribution in [2.45, 2.75) is 13.3 Å². The molecule has 0 fully saturated rings. The van der Waals surface area contributed by atoms with Crippen LogP contribution in [0.4, 0.5) is 0 Å². The summed E-state index contributed by atoms with van der Waals surface area (Å²) in [7, 11) is 1.78. The summed E-state index contributed by atoms with van der Waals surface area (Å²) < 4.78 is 1.64. The first-order chi connectivity index (χ1) is 9.99. The van der Waals surface area contributed by atoms with Crippen LogP contribution in [0.5, 0.6) is 0 Å². The van der Waals surface area contributed by atoms with E-state index >= 15 is 0 Å². The molecular formula is C15H17N3O3. The summed E-state index contributed by atoms with van der Waals surface area (Å²) in [6.07, 6.45) is 2.11. The molecule has 0 spiro atoms. The molecule has 2 rings (SSSR count). The van der Waals surface area contributed by atoms with Crippen LogP contribution in [-0.4, -0.2) is 33.3 Å². The molecule has 0 aliphatic heterocycles. The third-order valence-corrected chi connectivity index (χ3v) is 3.35. The van der Waals surface area contributed by atoms with E-state index in [-0.39, 0.29) is 11.5 Å². The van der Waals surface area contributed by atoms with Gasteiger partial charge in [0.2, 0.25) is 0 Å². The van der Waals surface area contributed by atoms with E-state index in [9.17, 15) is 9.59 Å². The Morgan fingerprint density at radius 3 is 2.76 bits per heavy atom. The Morgan fingerprint density at radius 1 is 1.38 bits per heavy atom. The highest BCUT2D eigenvalue weighted by Gasteiger charge is 2.12. The first kappa shape index (κ1) is 14.8. The molecule has 1 aromatic carbocycles. The van der Waals surface area contributed by atoms with Crippen molar-refractivity contribution in [1.29, 1.82) is 0 Å². The van der Waals surface area contributed by atoms with Crippen molar-refractivity contribution in [3.8, 4) is 0 Å². The molecule has 0 aliphatic rings. The van der Waals surface area contributed by atoms with Gasteiger partial charge in [-0.3, -0.25) is 9.48 Å². The van der Waals surface area contributed by atoms with Crippen molar-refractivity contribution in [3.05, 3.63) is 52.8 Å². The third kappa shape index (κ3) is 3.47. The van der Waals surface area contributed by atoms with Crippen LogP contribution in [-0.2, 0) is 13.5 Å². The Bertz CT molecular complexity index is 677.